The minimum Gasteiger partial charge on any atom is -0.493 e. The van der Waals surface area contributed by atoms with Crippen LogP contribution in [0, 0.1) is 0 Å². The van der Waals surface area contributed by atoms with Crippen molar-refractivity contribution in [2.45, 2.75) is 25.4 Å². The largest absolute Gasteiger partial charge is 0.493 e. The molecule has 1 aromatic heterocycles. The van der Waals surface area contributed by atoms with Crippen LogP contribution < -0.4 is 24.8 Å². The van der Waals surface area contributed by atoms with E-state index in [4.69, 9.17) is 18.6 Å². The standard InChI is InChI=1S/C22H32N4O4.HI/c1-23-22(24-14-16-12-19(27-2)21(29-4)20(13-16)28-3)25-15-17(18-8-7-11-30-18)26-9-5-6-10-26;/h7-8,11-13,17H,5-6,9-10,14-15H2,1-4H3,(H2,23,24,25);1H. The molecule has 1 aliphatic heterocycles. The zero-order chi connectivity index (χ0) is 21.3. The average Bonchev–Trinajstić information content (AvgIpc) is 3.50. The average molecular weight is 544 g/mol. The van der Waals surface area contributed by atoms with Gasteiger partial charge in [-0.05, 0) is 55.8 Å². The highest BCUT2D eigenvalue weighted by molar-refractivity contribution is 14.0. The summed E-state index contributed by atoms with van der Waals surface area (Å²) in [4.78, 5) is 6.82. The predicted molar refractivity (Wildman–Crippen MR) is 132 cm³/mol. The lowest BCUT2D eigenvalue weighted by Crippen LogP contribution is -2.42. The lowest BCUT2D eigenvalue weighted by atomic mass is 10.1. The van der Waals surface area contributed by atoms with Gasteiger partial charge in [0.15, 0.2) is 17.5 Å². The molecule has 1 aromatic carbocycles. The zero-order valence-electron chi connectivity index (χ0n) is 18.6. The molecule has 2 aromatic rings. The Morgan fingerprint density at radius 2 is 1.77 bits per heavy atom. The molecule has 3 rings (SSSR count). The van der Waals surface area contributed by atoms with Gasteiger partial charge in [0.25, 0.3) is 0 Å². The summed E-state index contributed by atoms with van der Waals surface area (Å²) in [5.41, 5.74) is 0.995. The van der Waals surface area contributed by atoms with E-state index in [2.05, 4.69) is 20.5 Å². The van der Waals surface area contributed by atoms with Gasteiger partial charge in [0.2, 0.25) is 5.75 Å². The molecule has 2 N–H and O–H groups in total. The van der Waals surface area contributed by atoms with Gasteiger partial charge in [0, 0.05) is 20.1 Å². The minimum absolute atomic E-state index is 0. The lowest BCUT2D eigenvalue weighted by molar-refractivity contribution is 0.215. The third-order valence-corrected chi connectivity index (χ3v) is 5.32. The van der Waals surface area contributed by atoms with Crippen molar-refractivity contribution < 1.29 is 18.6 Å². The number of nitrogens with one attached hydrogen (secondary N) is 2. The number of hydrogen-bond donors (Lipinski definition) is 2. The summed E-state index contributed by atoms with van der Waals surface area (Å²) in [7, 11) is 6.59. The Labute approximate surface area is 201 Å². The van der Waals surface area contributed by atoms with Crippen LogP contribution in [0.2, 0.25) is 0 Å². The van der Waals surface area contributed by atoms with E-state index in [1.54, 1.807) is 34.6 Å². The van der Waals surface area contributed by atoms with E-state index in [9.17, 15) is 0 Å². The van der Waals surface area contributed by atoms with E-state index in [0.717, 1.165) is 30.4 Å². The maximum Gasteiger partial charge on any atom is 0.203 e. The molecule has 0 bridgehead atoms. The van der Waals surface area contributed by atoms with Crippen molar-refractivity contribution in [2.75, 3.05) is 48.0 Å². The molecule has 0 amide bonds. The van der Waals surface area contributed by atoms with Gasteiger partial charge < -0.3 is 29.3 Å². The Kier molecular flexibility index (Phi) is 10.3. The van der Waals surface area contributed by atoms with Crippen LogP contribution in [0.15, 0.2) is 39.9 Å². The number of nitrogens with zero attached hydrogens (tertiary/aromatic N) is 2. The summed E-state index contributed by atoms with van der Waals surface area (Å²) in [6.07, 6.45) is 4.19. The van der Waals surface area contributed by atoms with Crippen LogP contribution in [0.4, 0.5) is 0 Å². The molecule has 0 aliphatic carbocycles. The number of furan rings is 1. The first-order valence-corrected chi connectivity index (χ1v) is 10.2. The van der Waals surface area contributed by atoms with Crippen molar-refractivity contribution in [1.29, 1.82) is 0 Å². The molecule has 1 atom stereocenters. The first kappa shape index (κ1) is 25.1. The van der Waals surface area contributed by atoms with Crippen LogP contribution in [0.3, 0.4) is 0 Å². The van der Waals surface area contributed by atoms with E-state index in [1.807, 2.05) is 24.3 Å². The monoisotopic (exact) mass is 544 g/mol. The smallest absolute Gasteiger partial charge is 0.203 e. The molecule has 172 valence electrons. The molecule has 2 heterocycles. The van der Waals surface area contributed by atoms with Crippen molar-refractivity contribution >= 4 is 29.9 Å². The molecule has 8 nitrogen and oxygen atoms in total. The van der Waals surface area contributed by atoms with Gasteiger partial charge in [0.1, 0.15) is 5.76 Å². The molecule has 1 saturated heterocycles. The summed E-state index contributed by atoms with van der Waals surface area (Å²) < 4.78 is 22.0. The number of hydrogen-bond acceptors (Lipinski definition) is 6. The fourth-order valence-electron chi connectivity index (χ4n) is 3.78. The number of likely N-dealkylation sites (tertiary alicyclic amines) is 1. The molecule has 31 heavy (non-hydrogen) atoms. The number of ether oxygens (including phenoxy) is 3. The second kappa shape index (κ2) is 12.7. The van der Waals surface area contributed by atoms with Crippen LogP contribution in [-0.2, 0) is 6.54 Å². The molecular formula is C22H33IN4O4. The minimum atomic E-state index is 0. The van der Waals surface area contributed by atoms with Crippen molar-refractivity contribution in [1.82, 2.24) is 15.5 Å². The van der Waals surface area contributed by atoms with Crippen molar-refractivity contribution in [3.63, 3.8) is 0 Å². The van der Waals surface area contributed by atoms with Gasteiger partial charge in [-0.3, -0.25) is 9.89 Å². The van der Waals surface area contributed by atoms with Crippen molar-refractivity contribution in [3.8, 4) is 17.2 Å². The number of guanidine groups is 1. The Morgan fingerprint density at radius 3 is 2.29 bits per heavy atom. The van der Waals surface area contributed by atoms with E-state index < -0.39 is 0 Å². The van der Waals surface area contributed by atoms with E-state index >= 15 is 0 Å². The van der Waals surface area contributed by atoms with Gasteiger partial charge in [-0.25, -0.2) is 0 Å². The van der Waals surface area contributed by atoms with Crippen LogP contribution in [0.1, 0.15) is 30.2 Å². The predicted octanol–water partition coefficient (Wildman–Crippen LogP) is 3.43. The molecule has 1 aliphatic rings. The van der Waals surface area contributed by atoms with E-state index in [-0.39, 0.29) is 30.0 Å². The second-order valence-corrected chi connectivity index (χ2v) is 7.11. The molecule has 9 heteroatoms. The Morgan fingerprint density at radius 1 is 1.10 bits per heavy atom. The zero-order valence-corrected chi connectivity index (χ0v) is 21.0. The van der Waals surface area contributed by atoms with Gasteiger partial charge in [-0.1, -0.05) is 0 Å². The van der Waals surface area contributed by atoms with E-state index in [0.29, 0.717) is 30.3 Å². The quantitative estimate of drug-likeness (QED) is 0.285. The summed E-state index contributed by atoms with van der Waals surface area (Å²) in [6, 6.07) is 8.02. The Balaban J connectivity index is 0.00000341. The van der Waals surface area contributed by atoms with Gasteiger partial charge >= 0.3 is 0 Å². The number of halogens is 1. The first-order chi connectivity index (χ1) is 14.7. The third kappa shape index (κ3) is 6.42. The third-order valence-electron chi connectivity index (χ3n) is 5.32. The highest BCUT2D eigenvalue weighted by Crippen LogP contribution is 2.38. The molecular weight excluding hydrogens is 511 g/mol. The van der Waals surface area contributed by atoms with Crippen LogP contribution >= 0.6 is 24.0 Å². The fraction of sp³-hybridized carbons (Fsp3) is 0.500. The van der Waals surface area contributed by atoms with Crippen LogP contribution in [0.5, 0.6) is 17.2 Å². The van der Waals surface area contributed by atoms with E-state index in [1.165, 1.54) is 12.8 Å². The Bertz CT molecular complexity index is 798. The highest BCUT2D eigenvalue weighted by atomic mass is 127. The molecule has 1 unspecified atom stereocenters. The molecule has 1 fully saturated rings. The molecule has 0 spiro atoms. The Hall–Kier alpha value is -2.14. The summed E-state index contributed by atoms with van der Waals surface area (Å²) in [5, 5.41) is 6.79. The summed E-state index contributed by atoms with van der Waals surface area (Å²) in [5.74, 6) is 3.54. The number of benzene rings is 1. The summed E-state index contributed by atoms with van der Waals surface area (Å²) in [6.45, 7) is 3.45. The topological polar surface area (TPSA) is 80.5 Å². The van der Waals surface area contributed by atoms with Crippen molar-refractivity contribution in [2.24, 2.45) is 4.99 Å². The van der Waals surface area contributed by atoms with Gasteiger partial charge in [0.05, 0.1) is 33.6 Å². The maximum absolute atomic E-state index is 5.69. The lowest BCUT2D eigenvalue weighted by Gasteiger charge is -2.26. The van der Waals surface area contributed by atoms with Crippen molar-refractivity contribution in [3.05, 3.63) is 41.9 Å². The molecule has 0 saturated carbocycles. The highest BCUT2D eigenvalue weighted by Gasteiger charge is 2.25. The van der Waals surface area contributed by atoms with Crippen LogP contribution in [0.25, 0.3) is 0 Å². The first-order valence-electron chi connectivity index (χ1n) is 10.2. The summed E-state index contributed by atoms with van der Waals surface area (Å²) >= 11 is 0. The number of aliphatic imine (C=N–C) groups is 1. The number of methoxy groups -OCH3 is 3. The molecule has 0 radical (unpaired) electrons. The van der Waals surface area contributed by atoms with Gasteiger partial charge in [-0.15, -0.1) is 24.0 Å². The SMILES string of the molecule is CN=C(NCc1cc(OC)c(OC)c(OC)c1)NCC(c1ccco1)N1CCCC1.I. The number of rotatable bonds is 9. The fourth-order valence-corrected chi connectivity index (χ4v) is 3.78. The van der Waals surface area contributed by atoms with Crippen LogP contribution in [-0.4, -0.2) is 58.9 Å². The second-order valence-electron chi connectivity index (χ2n) is 7.11. The van der Waals surface area contributed by atoms with Gasteiger partial charge in [-0.2, -0.15) is 0 Å². The normalized spacial score (nSPS) is 15.2. The maximum atomic E-state index is 5.69.